The molecule has 0 bridgehead atoms. The van der Waals surface area contributed by atoms with E-state index < -0.39 is 11.7 Å². The first kappa shape index (κ1) is 13.3. The third-order valence-electron chi connectivity index (χ3n) is 2.75. The minimum Gasteiger partial charge on any atom is -0.354 e. The molecule has 0 spiro atoms. The van der Waals surface area contributed by atoms with Gasteiger partial charge in [0, 0.05) is 12.7 Å². The largest absolute Gasteiger partial charge is 0.419 e. The van der Waals surface area contributed by atoms with Crippen molar-refractivity contribution in [3.63, 3.8) is 0 Å². The first-order valence-corrected chi connectivity index (χ1v) is 6.06. The number of fused-ring (bicyclic) bond motifs is 1. The van der Waals surface area contributed by atoms with Crippen molar-refractivity contribution in [2.75, 3.05) is 11.9 Å². The highest BCUT2D eigenvalue weighted by Crippen LogP contribution is 2.29. The molecule has 3 heterocycles. The van der Waals surface area contributed by atoms with Crippen LogP contribution in [0.2, 0.25) is 0 Å². The molecule has 110 valence electrons. The molecule has 2 N–H and O–H groups in total. The van der Waals surface area contributed by atoms with Crippen LogP contribution in [0.25, 0.3) is 16.9 Å². The standard InChI is InChI=1S/C11H10F3N7/c1-2-15-10-18-8-7(4-16-20-8)9(19-10)21-5-6(3-17-21)11(12,13)14/h3-5H,2H2,1H3,(H2,15,16,18,19,20). The normalized spacial score (nSPS) is 12.0. The smallest absolute Gasteiger partial charge is 0.354 e. The minimum atomic E-state index is -4.45. The minimum absolute atomic E-state index is 0.222. The predicted octanol–water partition coefficient (Wildman–Crippen LogP) is 1.99. The van der Waals surface area contributed by atoms with Crippen LogP contribution < -0.4 is 5.32 Å². The van der Waals surface area contributed by atoms with E-state index >= 15 is 0 Å². The summed E-state index contributed by atoms with van der Waals surface area (Å²) in [5.41, 5.74) is -0.428. The number of aromatic nitrogens is 6. The monoisotopic (exact) mass is 297 g/mol. The van der Waals surface area contributed by atoms with Crippen molar-refractivity contribution in [1.82, 2.24) is 29.9 Å². The number of halogens is 3. The van der Waals surface area contributed by atoms with Gasteiger partial charge in [-0.05, 0) is 6.92 Å². The third-order valence-corrected chi connectivity index (χ3v) is 2.75. The molecule has 3 aromatic rings. The molecule has 0 unspecified atom stereocenters. The summed E-state index contributed by atoms with van der Waals surface area (Å²) in [6, 6.07) is 0. The van der Waals surface area contributed by atoms with Crippen LogP contribution >= 0.6 is 0 Å². The zero-order valence-corrected chi connectivity index (χ0v) is 10.8. The van der Waals surface area contributed by atoms with E-state index in [1.807, 2.05) is 6.92 Å². The fraction of sp³-hybridized carbons (Fsp3) is 0.273. The van der Waals surface area contributed by atoms with Gasteiger partial charge in [-0.2, -0.15) is 33.3 Å². The van der Waals surface area contributed by atoms with Crippen LogP contribution in [0.3, 0.4) is 0 Å². The molecule has 0 aromatic carbocycles. The topological polar surface area (TPSA) is 84.3 Å². The van der Waals surface area contributed by atoms with E-state index in [0.29, 0.717) is 17.6 Å². The molecule has 3 aromatic heterocycles. The van der Waals surface area contributed by atoms with E-state index in [9.17, 15) is 13.2 Å². The van der Waals surface area contributed by atoms with Gasteiger partial charge in [-0.25, -0.2) is 4.68 Å². The number of rotatable bonds is 3. The SMILES string of the molecule is CCNc1nc(-n2cc(C(F)(F)F)cn2)c2cn[nH]c2n1. The number of anilines is 1. The second kappa shape index (κ2) is 4.72. The van der Waals surface area contributed by atoms with Crippen molar-refractivity contribution in [2.24, 2.45) is 0 Å². The summed E-state index contributed by atoms with van der Waals surface area (Å²) in [6.45, 7) is 2.43. The van der Waals surface area contributed by atoms with E-state index in [1.54, 1.807) is 0 Å². The molecular weight excluding hydrogens is 287 g/mol. The van der Waals surface area contributed by atoms with Gasteiger partial charge in [-0.1, -0.05) is 0 Å². The lowest BCUT2D eigenvalue weighted by Crippen LogP contribution is -2.07. The summed E-state index contributed by atoms with van der Waals surface area (Å²) in [7, 11) is 0. The second-order valence-electron chi connectivity index (χ2n) is 4.20. The van der Waals surface area contributed by atoms with Crippen LogP contribution in [-0.4, -0.2) is 36.5 Å². The summed E-state index contributed by atoms with van der Waals surface area (Å²) < 4.78 is 39.0. The van der Waals surface area contributed by atoms with Gasteiger partial charge in [0.2, 0.25) is 5.95 Å². The van der Waals surface area contributed by atoms with Crippen LogP contribution in [0.5, 0.6) is 0 Å². The van der Waals surface area contributed by atoms with Crippen LogP contribution in [0.1, 0.15) is 12.5 Å². The summed E-state index contributed by atoms with van der Waals surface area (Å²) in [4.78, 5) is 8.34. The second-order valence-corrected chi connectivity index (χ2v) is 4.20. The molecule has 0 atom stereocenters. The van der Waals surface area contributed by atoms with Crippen molar-refractivity contribution in [3.8, 4) is 5.82 Å². The maximum atomic E-state index is 12.7. The Morgan fingerprint density at radius 3 is 2.76 bits per heavy atom. The van der Waals surface area contributed by atoms with Gasteiger partial charge in [-0.15, -0.1) is 0 Å². The summed E-state index contributed by atoms with van der Waals surface area (Å²) >= 11 is 0. The summed E-state index contributed by atoms with van der Waals surface area (Å²) in [6.07, 6.45) is -1.38. The Morgan fingerprint density at radius 2 is 2.10 bits per heavy atom. The predicted molar refractivity (Wildman–Crippen MR) is 68.0 cm³/mol. The van der Waals surface area contributed by atoms with Gasteiger partial charge in [-0.3, -0.25) is 5.10 Å². The number of hydrogen-bond acceptors (Lipinski definition) is 5. The molecule has 0 aliphatic heterocycles. The molecule has 21 heavy (non-hydrogen) atoms. The first-order chi connectivity index (χ1) is 9.99. The number of hydrogen-bond donors (Lipinski definition) is 2. The number of nitrogens with zero attached hydrogens (tertiary/aromatic N) is 5. The Labute approximate surface area is 116 Å². The van der Waals surface area contributed by atoms with Crippen molar-refractivity contribution >= 4 is 17.0 Å². The lowest BCUT2D eigenvalue weighted by atomic mass is 10.3. The highest BCUT2D eigenvalue weighted by Gasteiger charge is 2.32. The Hall–Kier alpha value is -2.65. The van der Waals surface area contributed by atoms with Gasteiger partial charge >= 0.3 is 6.18 Å². The number of aromatic amines is 1. The molecule has 0 saturated heterocycles. The van der Waals surface area contributed by atoms with E-state index in [4.69, 9.17) is 0 Å². The van der Waals surface area contributed by atoms with E-state index in [0.717, 1.165) is 17.1 Å². The van der Waals surface area contributed by atoms with Crippen molar-refractivity contribution in [3.05, 3.63) is 24.2 Å². The molecule has 0 aliphatic carbocycles. The number of alkyl halides is 3. The third kappa shape index (κ3) is 2.39. The lowest BCUT2D eigenvalue weighted by Gasteiger charge is -2.06. The average molecular weight is 297 g/mol. The van der Waals surface area contributed by atoms with Gasteiger partial charge in [0.25, 0.3) is 0 Å². The number of nitrogens with one attached hydrogen (secondary N) is 2. The Morgan fingerprint density at radius 1 is 1.29 bits per heavy atom. The molecule has 0 saturated carbocycles. The van der Waals surface area contributed by atoms with Gasteiger partial charge < -0.3 is 5.32 Å². The first-order valence-electron chi connectivity index (χ1n) is 6.06. The van der Waals surface area contributed by atoms with Crippen molar-refractivity contribution in [1.29, 1.82) is 0 Å². The van der Waals surface area contributed by atoms with Crippen molar-refractivity contribution < 1.29 is 13.2 Å². The summed E-state index contributed by atoms with van der Waals surface area (Å²) in [5, 5.41) is 13.6. The zero-order valence-electron chi connectivity index (χ0n) is 10.8. The maximum absolute atomic E-state index is 12.7. The molecule has 0 radical (unpaired) electrons. The Balaban J connectivity index is 2.14. The zero-order chi connectivity index (χ0) is 15.0. The average Bonchev–Trinajstić information content (AvgIpc) is 3.06. The van der Waals surface area contributed by atoms with Gasteiger partial charge in [0.1, 0.15) is 0 Å². The quantitative estimate of drug-likeness (QED) is 0.772. The molecule has 7 nitrogen and oxygen atoms in total. The Kier molecular flexibility index (Phi) is 3.00. The van der Waals surface area contributed by atoms with E-state index in [-0.39, 0.29) is 11.8 Å². The highest BCUT2D eigenvalue weighted by molar-refractivity contribution is 5.82. The fourth-order valence-corrected chi connectivity index (χ4v) is 1.82. The van der Waals surface area contributed by atoms with Crippen LogP contribution in [0.4, 0.5) is 19.1 Å². The van der Waals surface area contributed by atoms with Gasteiger partial charge in [0.15, 0.2) is 11.5 Å². The molecule has 10 heteroatoms. The fourth-order valence-electron chi connectivity index (χ4n) is 1.82. The number of H-pyrrole nitrogens is 1. The lowest BCUT2D eigenvalue weighted by molar-refractivity contribution is -0.137. The maximum Gasteiger partial charge on any atom is 0.419 e. The summed E-state index contributed by atoms with van der Waals surface area (Å²) in [5.74, 6) is 0.508. The van der Waals surface area contributed by atoms with E-state index in [2.05, 4.69) is 30.6 Å². The molecule has 3 rings (SSSR count). The molecule has 0 fully saturated rings. The van der Waals surface area contributed by atoms with Crippen LogP contribution in [0, 0.1) is 0 Å². The van der Waals surface area contributed by atoms with Gasteiger partial charge in [0.05, 0.1) is 23.3 Å². The molecular formula is C11H10F3N7. The Bertz CT molecular complexity index is 774. The van der Waals surface area contributed by atoms with E-state index in [1.165, 1.54) is 6.20 Å². The van der Waals surface area contributed by atoms with Crippen LogP contribution in [-0.2, 0) is 6.18 Å². The molecule has 0 aliphatic rings. The molecule has 0 amide bonds. The van der Waals surface area contributed by atoms with Crippen molar-refractivity contribution in [2.45, 2.75) is 13.1 Å². The van der Waals surface area contributed by atoms with Crippen LogP contribution in [0.15, 0.2) is 18.6 Å². The highest BCUT2D eigenvalue weighted by atomic mass is 19.4.